The molecule has 0 bridgehead atoms. The Labute approximate surface area is 120 Å². The smallest absolute Gasteiger partial charge is 0.264 e. The number of nitrogens with zero attached hydrogens (tertiary/aromatic N) is 2. The lowest BCUT2D eigenvalue weighted by Crippen LogP contribution is -2.34. The molecule has 0 saturated heterocycles. The normalized spacial score (nSPS) is 11.6. The van der Waals surface area contributed by atoms with Gasteiger partial charge < -0.3 is 5.32 Å². The molecule has 0 aliphatic rings. The van der Waals surface area contributed by atoms with Crippen LogP contribution in [-0.4, -0.2) is 22.0 Å². The summed E-state index contributed by atoms with van der Waals surface area (Å²) >= 11 is 1.19. The van der Waals surface area contributed by atoms with Crippen molar-refractivity contribution in [1.29, 1.82) is 0 Å². The predicted octanol–water partition coefficient (Wildman–Crippen LogP) is 3.15. The van der Waals surface area contributed by atoms with Gasteiger partial charge in [0.05, 0.1) is 5.69 Å². The molecule has 0 radical (unpaired) electrons. The van der Waals surface area contributed by atoms with Crippen molar-refractivity contribution in [3.8, 4) is 0 Å². The minimum Gasteiger partial charge on any atom is -0.351 e. The van der Waals surface area contributed by atoms with E-state index >= 15 is 0 Å². The van der Waals surface area contributed by atoms with Crippen LogP contribution in [0.1, 0.15) is 56.4 Å². The van der Waals surface area contributed by atoms with Gasteiger partial charge in [0.1, 0.15) is 4.88 Å². The molecule has 0 saturated carbocycles. The maximum Gasteiger partial charge on any atom is 0.264 e. The molecule has 5 heteroatoms. The number of nitrogens with one attached hydrogen (secondary N) is 1. The summed E-state index contributed by atoms with van der Waals surface area (Å²) in [4.78, 5) is 12.8. The Morgan fingerprint density at radius 1 is 1.26 bits per heavy atom. The van der Waals surface area contributed by atoms with Crippen molar-refractivity contribution < 1.29 is 4.79 Å². The van der Waals surface area contributed by atoms with Gasteiger partial charge in [0.15, 0.2) is 0 Å². The fraction of sp³-hybridized carbons (Fsp3) is 0.786. The van der Waals surface area contributed by atoms with Crippen molar-refractivity contribution in [2.45, 2.75) is 47.5 Å². The number of hydrogen-bond acceptors (Lipinski definition) is 4. The molecule has 1 aromatic rings. The van der Waals surface area contributed by atoms with Gasteiger partial charge in [-0.05, 0) is 35.7 Å². The first-order valence-electron chi connectivity index (χ1n) is 7.06. The van der Waals surface area contributed by atoms with Gasteiger partial charge in [-0.3, -0.25) is 4.79 Å². The number of rotatable bonds is 7. The second kappa shape index (κ2) is 7.58. The lowest BCUT2D eigenvalue weighted by molar-refractivity contribution is 0.0940. The zero-order valence-corrected chi connectivity index (χ0v) is 13.4. The largest absolute Gasteiger partial charge is 0.351 e. The third kappa shape index (κ3) is 4.56. The molecule has 19 heavy (non-hydrogen) atoms. The van der Waals surface area contributed by atoms with Crippen LogP contribution >= 0.6 is 11.5 Å². The average Bonchev–Trinajstić information content (AvgIpc) is 2.76. The quantitative estimate of drug-likeness (QED) is 0.836. The first-order valence-corrected chi connectivity index (χ1v) is 7.84. The number of aryl methyl sites for hydroxylation is 1. The highest BCUT2D eigenvalue weighted by atomic mass is 32.1. The molecule has 1 amide bonds. The minimum atomic E-state index is -0.0234. The zero-order valence-electron chi connectivity index (χ0n) is 12.6. The van der Waals surface area contributed by atoms with Crippen molar-refractivity contribution in [3.05, 3.63) is 10.6 Å². The molecular weight excluding hydrogens is 258 g/mol. The van der Waals surface area contributed by atoms with Gasteiger partial charge in [0.2, 0.25) is 0 Å². The molecule has 0 unspecified atom stereocenters. The summed E-state index contributed by atoms with van der Waals surface area (Å²) in [5.74, 6) is 1.61. The van der Waals surface area contributed by atoms with Crippen LogP contribution < -0.4 is 5.32 Å². The number of carbonyl (C=O) groups excluding carboxylic acids is 1. The van der Waals surface area contributed by atoms with Crippen LogP contribution in [0, 0.1) is 17.8 Å². The molecule has 1 aromatic heterocycles. The third-order valence-electron chi connectivity index (χ3n) is 3.46. The Bertz CT molecular complexity index is 393. The number of amides is 1. The fourth-order valence-corrected chi connectivity index (χ4v) is 2.94. The molecule has 1 N–H and O–H groups in total. The maximum absolute atomic E-state index is 12.2. The SMILES string of the molecule is CCCc1nnsc1C(=O)NCC(C(C)C)C(C)C. The van der Waals surface area contributed by atoms with Crippen LogP contribution in [0.2, 0.25) is 0 Å². The second-order valence-electron chi connectivity index (χ2n) is 5.66. The molecule has 0 aliphatic heterocycles. The molecule has 4 nitrogen and oxygen atoms in total. The lowest BCUT2D eigenvalue weighted by Gasteiger charge is -2.24. The van der Waals surface area contributed by atoms with Crippen LogP contribution in [0.5, 0.6) is 0 Å². The van der Waals surface area contributed by atoms with E-state index in [4.69, 9.17) is 0 Å². The summed E-state index contributed by atoms with van der Waals surface area (Å²) in [5, 5.41) is 7.07. The number of aromatic nitrogens is 2. The van der Waals surface area contributed by atoms with Gasteiger partial charge in [-0.1, -0.05) is 45.5 Å². The van der Waals surface area contributed by atoms with E-state index in [0.717, 1.165) is 25.1 Å². The van der Waals surface area contributed by atoms with Crippen LogP contribution in [-0.2, 0) is 6.42 Å². The van der Waals surface area contributed by atoms with Gasteiger partial charge >= 0.3 is 0 Å². The van der Waals surface area contributed by atoms with Crippen molar-refractivity contribution in [2.75, 3.05) is 6.54 Å². The molecule has 0 fully saturated rings. The molecule has 0 spiro atoms. The van der Waals surface area contributed by atoms with E-state index in [2.05, 4.69) is 49.5 Å². The Kier molecular flexibility index (Phi) is 6.42. The van der Waals surface area contributed by atoms with E-state index in [-0.39, 0.29) is 5.91 Å². The van der Waals surface area contributed by atoms with Gasteiger partial charge in [-0.25, -0.2) is 0 Å². The Hall–Kier alpha value is -0.970. The van der Waals surface area contributed by atoms with Gasteiger partial charge in [0.25, 0.3) is 5.91 Å². The van der Waals surface area contributed by atoms with Crippen LogP contribution in [0.4, 0.5) is 0 Å². The standard InChI is InChI=1S/C14H25N3OS/c1-6-7-12-13(19-17-16-12)14(18)15-8-11(9(2)3)10(4)5/h9-11H,6-8H2,1-5H3,(H,15,18). The van der Waals surface area contributed by atoms with E-state index in [1.807, 2.05) is 0 Å². The van der Waals surface area contributed by atoms with Crippen LogP contribution in [0.3, 0.4) is 0 Å². The molecule has 108 valence electrons. The highest BCUT2D eigenvalue weighted by Gasteiger charge is 2.20. The molecular formula is C14H25N3OS. The van der Waals surface area contributed by atoms with Crippen molar-refractivity contribution in [2.24, 2.45) is 17.8 Å². The van der Waals surface area contributed by atoms with Gasteiger partial charge in [0, 0.05) is 6.54 Å². The predicted molar refractivity (Wildman–Crippen MR) is 79.4 cm³/mol. The lowest BCUT2D eigenvalue weighted by atomic mass is 9.85. The highest BCUT2D eigenvalue weighted by molar-refractivity contribution is 7.08. The maximum atomic E-state index is 12.2. The molecule has 0 aliphatic carbocycles. The second-order valence-corrected chi connectivity index (χ2v) is 6.41. The first-order chi connectivity index (χ1) is 8.97. The van der Waals surface area contributed by atoms with E-state index in [1.54, 1.807) is 0 Å². The van der Waals surface area contributed by atoms with Crippen molar-refractivity contribution in [1.82, 2.24) is 14.9 Å². The van der Waals surface area contributed by atoms with E-state index in [0.29, 0.717) is 22.6 Å². The zero-order chi connectivity index (χ0) is 14.4. The number of hydrogen-bond donors (Lipinski definition) is 1. The van der Waals surface area contributed by atoms with E-state index in [9.17, 15) is 4.79 Å². The first kappa shape index (κ1) is 16.1. The van der Waals surface area contributed by atoms with E-state index in [1.165, 1.54) is 11.5 Å². The summed E-state index contributed by atoms with van der Waals surface area (Å²) in [6.07, 6.45) is 1.79. The van der Waals surface area contributed by atoms with Gasteiger partial charge in [-0.2, -0.15) is 0 Å². The Morgan fingerprint density at radius 2 is 1.89 bits per heavy atom. The van der Waals surface area contributed by atoms with Gasteiger partial charge in [-0.15, -0.1) is 5.10 Å². The Morgan fingerprint density at radius 3 is 2.42 bits per heavy atom. The summed E-state index contributed by atoms with van der Waals surface area (Å²) in [5.41, 5.74) is 0.829. The van der Waals surface area contributed by atoms with Crippen LogP contribution in [0.25, 0.3) is 0 Å². The topological polar surface area (TPSA) is 54.9 Å². The molecule has 0 aromatic carbocycles. The van der Waals surface area contributed by atoms with Crippen LogP contribution in [0.15, 0.2) is 0 Å². The fourth-order valence-electron chi connectivity index (χ4n) is 2.31. The summed E-state index contributed by atoms with van der Waals surface area (Å²) in [7, 11) is 0. The minimum absolute atomic E-state index is 0.0234. The molecule has 0 atom stereocenters. The summed E-state index contributed by atoms with van der Waals surface area (Å²) in [6.45, 7) is 11.6. The summed E-state index contributed by atoms with van der Waals surface area (Å²) in [6, 6.07) is 0. The third-order valence-corrected chi connectivity index (χ3v) is 4.23. The monoisotopic (exact) mass is 283 g/mol. The highest BCUT2D eigenvalue weighted by Crippen LogP contribution is 2.20. The summed E-state index contributed by atoms with van der Waals surface area (Å²) < 4.78 is 3.89. The average molecular weight is 283 g/mol. The van der Waals surface area contributed by atoms with Crippen molar-refractivity contribution in [3.63, 3.8) is 0 Å². The molecule has 1 rings (SSSR count). The number of carbonyl (C=O) groups is 1. The molecule has 1 heterocycles. The van der Waals surface area contributed by atoms with E-state index < -0.39 is 0 Å². The van der Waals surface area contributed by atoms with Crippen molar-refractivity contribution >= 4 is 17.4 Å². The Balaban J connectivity index is 2.61.